The van der Waals surface area contributed by atoms with Crippen molar-refractivity contribution in [3.8, 4) is 44.3 Å². The van der Waals surface area contributed by atoms with Crippen molar-refractivity contribution < 1.29 is 24.5 Å². The van der Waals surface area contributed by atoms with Crippen molar-refractivity contribution in [3.05, 3.63) is 129 Å². The maximum absolute atomic E-state index is 14.1. The molecular formula is C52H61ClN6O5S. The average molecular weight is 918 g/mol. The van der Waals surface area contributed by atoms with Crippen molar-refractivity contribution in [2.75, 3.05) is 13.1 Å². The normalized spacial score (nSPS) is 15.6. The molecule has 2 amide bonds. The van der Waals surface area contributed by atoms with Crippen LogP contribution >= 0.6 is 22.9 Å². The van der Waals surface area contributed by atoms with Crippen LogP contribution in [0.4, 0.5) is 0 Å². The first-order valence-corrected chi connectivity index (χ1v) is 23.7. The minimum Gasteiger partial charge on any atom is -0.506 e. The molecule has 6 aromatic rings. The van der Waals surface area contributed by atoms with E-state index < -0.39 is 23.6 Å². The van der Waals surface area contributed by atoms with E-state index in [4.69, 9.17) is 16.3 Å². The zero-order valence-electron chi connectivity index (χ0n) is 38.5. The molecule has 4 aromatic carbocycles. The van der Waals surface area contributed by atoms with E-state index in [-0.39, 0.29) is 30.5 Å². The Hall–Kier alpha value is -5.53. The van der Waals surface area contributed by atoms with Crippen LogP contribution in [0.3, 0.4) is 0 Å². The number of nitrogens with zero attached hydrogens (tertiary/aromatic N) is 4. The summed E-state index contributed by atoms with van der Waals surface area (Å²) >= 11 is 7.98. The van der Waals surface area contributed by atoms with Gasteiger partial charge in [0.15, 0.2) is 0 Å². The first-order valence-electron chi connectivity index (χ1n) is 22.4. The third-order valence-corrected chi connectivity index (χ3v) is 13.6. The fraction of sp³-hybridized carbons (Fsp3) is 0.385. The molecule has 0 spiro atoms. The second-order valence-electron chi connectivity index (χ2n) is 18.3. The Labute approximate surface area is 391 Å². The minimum absolute atomic E-state index is 0.121. The highest BCUT2D eigenvalue weighted by atomic mass is 35.5. The van der Waals surface area contributed by atoms with E-state index in [0.717, 1.165) is 75.5 Å². The van der Waals surface area contributed by atoms with E-state index in [1.165, 1.54) is 5.56 Å². The molecule has 3 heterocycles. The number of aliphatic hydroxyl groups excluding tert-OH is 1. The van der Waals surface area contributed by atoms with Gasteiger partial charge in [0.1, 0.15) is 24.1 Å². The molecule has 1 aliphatic heterocycles. The topological polar surface area (TPSA) is 142 Å². The second kappa shape index (κ2) is 20.8. The first kappa shape index (κ1) is 47.4. The number of phenolic OH excluding ortho intramolecular Hbond substituents is 1. The second-order valence-corrected chi connectivity index (χ2v) is 19.6. The van der Waals surface area contributed by atoms with Gasteiger partial charge in [-0.1, -0.05) is 93.4 Å². The largest absolute Gasteiger partial charge is 0.506 e. The van der Waals surface area contributed by atoms with Gasteiger partial charge < -0.3 is 30.5 Å². The Balaban J connectivity index is 0.888. The zero-order valence-corrected chi connectivity index (χ0v) is 40.0. The molecule has 3 atom stereocenters. The minimum atomic E-state index is -0.759. The summed E-state index contributed by atoms with van der Waals surface area (Å²) in [6.07, 6.45) is 3.23. The fourth-order valence-electron chi connectivity index (χ4n) is 8.58. The number of amides is 2. The van der Waals surface area contributed by atoms with Gasteiger partial charge in [-0.3, -0.25) is 14.3 Å². The molecule has 0 saturated carbocycles. The third-order valence-electron chi connectivity index (χ3n) is 12.2. The summed E-state index contributed by atoms with van der Waals surface area (Å²) in [7, 11) is 1.86. The molecule has 11 nitrogen and oxygen atoms in total. The smallest absolute Gasteiger partial charge is 0.243 e. The van der Waals surface area contributed by atoms with E-state index in [0.29, 0.717) is 41.6 Å². The lowest BCUT2D eigenvalue weighted by atomic mass is 9.85. The number of halogens is 1. The third kappa shape index (κ3) is 11.5. The maximum atomic E-state index is 14.1. The van der Waals surface area contributed by atoms with Crippen LogP contribution in [-0.2, 0) is 36.2 Å². The van der Waals surface area contributed by atoms with Gasteiger partial charge in [0.2, 0.25) is 11.8 Å². The van der Waals surface area contributed by atoms with Crippen LogP contribution in [0, 0.1) is 26.2 Å². The summed E-state index contributed by atoms with van der Waals surface area (Å²) < 4.78 is 8.16. The molecule has 0 aliphatic carbocycles. The number of nitrogens with one attached hydrogen (secondary N) is 2. The lowest BCUT2D eigenvalue weighted by Crippen LogP contribution is -2.56. The van der Waals surface area contributed by atoms with E-state index in [9.17, 15) is 19.8 Å². The number of aliphatic hydroxyl groups is 1. The Morgan fingerprint density at radius 3 is 2.29 bits per heavy atom. The molecule has 4 N–H and O–H groups in total. The molecule has 1 fully saturated rings. The SMILES string of the molecule is Cc1cc(-c2ccc(OCc3ccc(CCCCCN[C@H](C(=O)N4C[C@H](O)C[C@H]4C(=O)NCc4ccc(-c5scnc5C)cc4)C(C)(C)C)cc3)c(-c3ccc(Cl)c(C)c3)c2O)n(C)n1. The van der Waals surface area contributed by atoms with Gasteiger partial charge in [0, 0.05) is 37.1 Å². The summed E-state index contributed by atoms with van der Waals surface area (Å²) in [6, 6.07) is 26.7. The molecule has 342 valence electrons. The van der Waals surface area contributed by atoms with E-state index >= 15 is 0 Å². The van der Waals surface area contributed by atoms with Crippen LogP contribution < -0.4 is 15.4 Å². The van der Waals surface area contributed by atoms with Gasteiger partial charge >= 0.3 is 0 Å². The van der Waals surface area contributed by atoms with Crippen molar-refractivity contribution in [1.29, 1.82) is 0 Å². The van der Waals surface area contributed by atoms with Crippen molar-refractivity contribution >= 4 is 34.8 Å². The lowest BCUT2D eigenvalue weighted by molar-refractivity contribution is -0.142. The number of aromatic nitrogens is 3. The average Bonchev–Trinajstić information content (AvgIpc) is 3.99. The Kier molecular flexibility index (Phi) is 15.1. The molecule has 1 saturated heterocycles. The van der Waals surface area contributed by atoms with E-state index in [1.54, 1.807) is 20.9 Å². The Morgan fingerprint density at radius 1 is 0.923 bits per heavy atom. The summed E-state index contributed by atoms with van der Waals surface area (Å²) in [6.45, 7) is 13.4. The summed E-state index contributed by atoms with van der Waals surface area (Å²) in [5.74, 6) is 0.272. The number of hydrogen-bond donors (Lipinski definition) is 4. The number of phenols is 1. The number of carbonyl (C=O) groups is 2. The number of thiazole rings is 1. The van der Waals surface area contributed by atoms with Crippen LogP contribution in [0.15, 0.2) is 90.4 Å². The number of rotatable bonds is 17. The van der Waals surface area contributed by atoms with E-state index in [2.05, 4.69) is 45.0 Å². The molecule has 13 heteroatoms. The lowest BCUT2D eigenvalue weighted by Gasteiger charge is -2.35. The van der Waals surface area contributed by atoms with Crippen LogP contribution in [-0.4, -0.2) is 73.0 Å². The highest BCUT2D eigenvalue weighted by Gasteiger charge is 2.43. The van der Waals surface area contributed by atoms with Gasteiger partial charge in [0.25, 0.3) is 0 Å². The van der Waals surface area contributed by atoms with Crippen molar-refractivity contribution in [3.63, 3.8) is 0 Å². The fourth-order valence-corrected chi connectivity index (χ4v) is 9.51. The Morgan fingerprint density at radius 2 is 1.63 bits per heavy atom. The molecule has 65 heavy (non-hydrogen) atoms. The van der Waals surface area contributed by atoms with Crippen LogP contribution in [0.25, 0.3) is 32.8 Å². The zero-order chi connectivity index (χ0) is 46.4. The summed E-state index contributed by atoms with van der Waals surface area (Å²) in [5.41, 5.74) is 11.4. The number of carbonyl (C=O) groups excluding carboxylic acids is 2. The van der Waals surface area contributed by atoms with Crippen molar-refractivity contribution in [2.24, 2.45) is 12.5 Å². The van der Waals surface area contributed by atoms with Crippen LogP contribution in [0.5, 0.6) is 11.5 Å². The summed E-state index contributed by atoms with van der Waals surface area (Å²) in [4.78, 5) is 34.6. The van der Waals surface area contributed by atoms with Gasteiger partial charge in [-0.15, -0.1) is 11.3 Å². The quantitative estimate of drug-likeness (QED) is 0.0663. The molecule has 2 aromatic heterocycles. The predicted octanol–water partition coefficient (Wildman–Crippen LogP) is 9.74. The molecule has 7 rings (SSSR count). The highest BCUT2D eigenvalue weighted by Crippen LogP contribution is 2.45. The number of hydrogen-bond acceptors (Lipinski definition) is 9. The number of likely N-dealkylation sites (tertiary alicyclic amines) is 1. The molecular weight excluding hydrogens is 856 g/mol. The number of unbranched alkanes of at least 4 members (excludes halogenated alkanes) is 2. The van der Waals surface area contributed by atoms with Gasteiger partial charge in [-0.25, -0.2) is 4.98 Å². The molecule has 0 radical (unpaired) electrons. The van der Waals surface area contributed by atoms with Gasteiger partial charge in [-0.2, -0.15) is 5.10 Å². The monoisotopic (exact) mass is 916 g/mol. The van der Waals surface area contributed by atoms with Crippen LogP contribution in [0.2, 0.25) is 5.02 Å². The number of aryl methyl sites for hydroxylation is 5. The Bertz CT molecular complexity index is 2600. The predicted molar refractivity (Wildman–Crippen MR) is 260 cm³/mol. The number of ether oxygens (including phenoxy) is 1. The molecule has 0 bridgehead atoms. The summed E-state index contributed by atoms with van der Waals surface area (Å²) in [5, 5.41) is 34.0. The maximum Gasteiger partial charge on any atom is 0.243 e. The van der Waals surface area contributed by atoms with Gasteiger partial charge in [0.05, 0.1) is 45.2 Å². The van der Waals surface area contributed by atoms with E-state index in [1.807, 2.05) is 115 Å². The molecule has 1 aliphatic rings. The highest BCUT2D eigenvalue weighted by molar-refractivity contribution is 7.13. The number of aromatic hydroxyl groups is 1. The van der Waals surface area contributed by atoms with Crippen LogP contribution in [0.1, 0.15) is 80.1 Å². The standard InChI is InChI=1S/C52H61ClN6O5S/c1-32-25-39(20-22-42(32)53)46-45(23-21-41(47(46)61)43-26-33(2)57-58(43)7)64-30-37-14-12-35(13-15-37)11-9-8-10-24-54-49(52(4,5)6)51(63)59-29-40(60)27-44(59)50(62)55-28-36-16-18-38(19-17-36)48-34(3)56-31-65-48/h12-23,25-26,31,40,44,49,54,60-61H,8-11,24,27-30H2,1-7H3,(H,55,62)/t40-,44+,49-/m1/s1. The first-order chi connectivity index (χ1) is 31.1. The van der Waals surface area contributed by atoms with Crippen molar-refractivity contribution in [2.45, 2.75) is 105 Å². The van der Waals surface area contributed by atoms with Gasteiger partial charge in [-0.05, 0) is 116 Å². The molecule has 0 unspecified atom stereocenters. The number of β-amino-alcohol motifs (C(OH)–C–C–N with tert-alkyl or cyclic N) is 1. The number of benzene rings is 4. The van der Waals surface area contributed by atoms with Crippen molar-refractivity contribution in [1.82, 2.24) is 30.3 Å².